The van der Waals surface area contributed by atoms with Crippen LogP contribution in [0.3, 0.4) is 0 Å². The Morgan fingerprint density at radius 3 is 1.36 bits per heavy atom. The Bertz CT molecular complexity index is 504. The molecule has 28 heavy (non-hydrogen) atoms. The second-order valence-corrected chi connectivity index (χ2v) is 7.05. The molecule has 14 heteroatoms. The Hall–Kier alpha value is 1.08. The van der Waals surface area contributed by atoms with Crippen molar-refractivity contribution in [2.45, 2.75) is 77.6 Å². The molecular formula is C14H28Na2O10S2. The van der Waals surface area contributed by atoms with Gasteiger partial charge in [-0.1, -0.05) is 58.3 Å². The van der Waals surface area contributed by atoms with Gasteiger partial charge >= 0.3 is 59.1 Å². The van der Waals surface area contributed by atoms with Crippen LogP contribution in [0, 0.1) is 0 Å². The fourth-order valence-electron chi connectivity index (χ4n) is 1.83. The van der Waals surface area contributed by atoms with Crippen LogP contribution in [0.4, 0.5) is 0 Å². The van der Waals surface area contributed by atoms with E-state index >= 15 is 0 Å². The maximum Gasteiger partial charge on any atom is 1.00 e. The van der Waals surface area contributed by atoms with Crippen molar-refractivity contribution < 1.29 is 104 Å². The summed E-state index contributed by atoms with van der Waals surface area (Å²) in [6.07, 6.45) is 12.8. The summed E-state index contributed by atoms with van der Waals surface area (Å²) in [6, 6.07) is 0. The van der Waals surface area contributed by atoms with Crippen LogP contribution in [-0.4, -0.2) is 47.1 Å². The molecule has 158 valence electrons. The van der Waals surface area contributed by atoms with Gasteiger partial charge in [0.25, 0.3) is 0 Å². The van der Waals surface area contributed by atoms with Crippen LogP contribution in [0.5, 0.6) is 0 Å². The summed E-state index contributed by atoms with van der Waals surface area (Å²) in [7, 11) is -9.83. The molecular weight excluding hydrogens is 438 g/mol. The Morgan fingerprint density at radius 2 is 1.07 bits per heavy atom. The van der Waals surface area contributed by atoms with E-state index in [0.29, 0.717) is 12.7 Å². The zero-order chi connectivity index (χ0) is 21.1. The zero-order valence-electron chi connectivity index (χ0n) is 16.8. The summed E-state index contributed by atoms with van der Waals surface area (Å²) in [6.45, 7) is 2.23. The number of rotatable bonds is 12. The molecule has 2 N–H and O–H groups in total. The molecule has 0 bridgehead atoms. The van der Waals surface area contributed by atoms with Crippen LogP contribution < -0.4 is 59.1 Å². The SMILES string of the molecule is CCCCCCCCCCCC(=O)CC=O.O=S(=O)([O-])O.O=S(=O)([O-])O.[Na+].[Na+]. The summed E-state index contributed by atoms with van der Waals surface area (Å²) in [5.41, 5.74) is 0. The first-order chi connectivity index (χ1) is 11.8. The van der Waals surface area contributed by atoms with Gasteiger partial charge in [0.05, 0.1) is 6.42 Å². The number of ketones is 1. The third-order valence-electron chi connectivity index (χ3n) is 2.87. The molecule has 0 unspecified atom stereocenters. The first-order valence-electron chi connectivity index (χ1n) is 8.13. The van der Waals surface area contributed by atoms with E-state index in [2.05, 4.69) is 6.92 Å². The molecule has 0 radical (unpaired) electrons. The second-order valence-electron chi connectivity index (χ2n) is 5.34. The Balaban J connectivity index is -0.000000122. The van der Waals surface area contributed by atoms with E-state index in [1.54, 1.807) is 0 Å². The predicted molar refractivity (Wildman–Crippen MR) is 92.2 cm³/mol. The predicted octanol–water partition coefficient (Wildman–Crippen LogP) is -3.92. The molecule has 0 spiro atoms. The number of carbonyl (C=O) groups is 2. The van der Waals surface area contributed by atoms with E-state index in [0.717, 1.165) is 12.8 Å². The first kappa shape index (κ1) is 39.5. The van der Waals surface area contributed by atoms with E-state index in [1.807, 2.05) is 0 Å². The molecule has 0 saturated carbocycles. The molecule has 0 atom stereocenters. The number of hydrogen-bond donors (Lipinski definition) is 2. The van der Waals surface area contributed by atoms with E-state index in [-0.39, 0.29) is 71.3 Å². The Morgan fingerprint density at radius 1 is 0.786 bits per heavy atom. The zero-order valence-corrected chi connectivity index (χ0v) is 22.5. The van der Waals surface area contributed by atoms with E-state index in [1.165, 1.54) is 44.9 Å². The summed E-state index contributed by atoms with van der Waals surface area (Å²) in [5, 5.41) is 0. The van der Waals surface area contributed by atoms with Crippen LogP contribution in [0.25, 0.3) is 0 Å². The average molecular weight is 466 g/mol. The van der Waals surface area contributed by atoms with Gasteiger partial charge in [-0.15, -0.1) is 0 Å². The van der Waals surface area contributed by atoms with Gasteiger partial charge in [-0.3, -0.25) is 13.9 Å². The molecule has 0 fully saturated rings. The minimum absolute atomic E-state index is 0. The molecule has 0 aromatic rings. The largest absolute Gasteiger partial charge is 1.00 e. The van der Waals surface area contributed by atoms with Gasteiger partial charge in [0.1, 0.15) is 12.1 Å². The number of aldehydes is 1. The molecule has 0 aliphatic carbocycles. The van der Waals surface area contributed by atoms with Crippen molar-refractivity contribution in [3.8, 4) is 0 Å². The topological polar surface area (TPSA) is 189 Å². The Kier molecular flexibility index (Phi) is 36.9. The maximum absolute atomic E-state index is 11.0. The smallest absolute Gasteiger partial charge is 0.726 e. The monoisotopic (exact) mass is 466 g/mol. The van der Waals surface area contributed by atoms with Crippen molar-refractivity contribution in [3.63, 3.8) is 0 Å². The minimum Gasteiger partial charge on any atom is -0.726 e. The van der Waals surface area contributed by atoms with Crippen LogP contribution in [-0.2, 0) is 30.4 Å². The third kappa shape index (κ3) is 81.0. The first-order valence-corrected chi connectivity index (χ1v) is 10.9. The number of carbonyl (C=O) groups excluding carboxylic acids is 2. The van der Waals surface area contributed by atoms with E-state index in [9.17, 15) is 9.59 Å². The normalized spacial score (nSPS) is 10.0. The molecule has 0 rings (SSSR count). The van der Waals surface area contributed by atoms with Gasteiger partial charge in [-0.25, -0.2) is 16.8 Å². The number of hydrogen-bond acceptors (Lipinski definition) is 8. The third-order valence-corrected chi connectivity index (χ3v) is 2.87. The standard InChI is InChI=1S/C14H26O2.2Na.2H2O4S/c1-2-3-4-5-6-7-8-9-10-11-14(16)12-13-15;;;2*1-5(2,3)4/h13H,2-12H2,1H3;;;2*(H2,1,2,3,4)/q;2*+1;;/p-2. The molecule has 0 amide bonds. The molecule has 0 heterocycles. The molecule has 0 saturated heterocycles. The molecule has 0 aromatic heterocycles. The quantitative estimate of drug-likeness (QED) is 0.0718. The van der Waals surface area contributed by atoms with Gasteiger partial charge in [-0.05, 0) is 6.42 Å². The second kappa shape index (κ2) is 26.1. The summed E-state index contributed by atoms with van der Waals surface area (Å²) < 4.78 is 65.7. The number of Topliss-reactive ketones (excluding diaryl/α,β-unsaturated/α-hetero) is 1. The molecule has 10 nitrogen and oxygen atoms in total. The van der Waals surface area contributed by atoms with Crippen LogP contribution >= 0.6 is 0 Å². The maximum atomic E-state index is 11.0. The van der Waals surface area contributed by atoms with Crippen molar-refractivity contribution in [1.82, 2.24) is 0 Å². The summed E-state index contributed by atoms with van der Waals surface area (Å²) in [4.78, 5) is 21.1. The average Bonchev–Trinajstić information content (AvgIpc) is 2.42. The van der Waals surface area contributed by atoms with Gasteiger partial charge < -0.3 is 13.9 Å². The summed E-state index contributed by atoms with van der Waals surface area (Å²) >= 11 is 0. The fourth-order valence-corrected chi connectivity index (χ4v) is 1.83. The van der Waals surface area contributed by atoms with Crippen molar-refractivity contribution in [3.05, 3.63) is 0 Å². The van der Waals surface area contributed by atoms with Crippen LogP contribution in [0.15, 0.2) is 0 Å². The van der Waals surface area contributed by atoms with Gasteiger partial charge in [0, 0.05) is 6.42 Å². The number of unbranched alkanes of at least 4 members (excludes halogenated alkanes) is 8. The van der Waals surface area contributed by atoms with Gasteiger partial charge in [0.15, 0.2) is 0 Å². The van der Waals surface area contributed by atoms with E-state index < -0.39 is 20.8 Å². The van der Waals surface area contributed by atoms with E-state index in [4.69, 9.17) is 35.0 Å². The van der Waals surface area contributed by atoms with Crippen molar-refractivity contribution in [2.24, 2.45) is 0 Å². The van der Waals surface area contributed by atoms with Crippen LogP contribution in [0.1, 0.15) is 77.6 Å². The van der Waals surface area contributed by atoms with Crippen LogP contribution in [0.2, 0.25) is 0 Å². The molecule has 0 aromatic carbocycles. The fraction of sp³-hybridized carbons (Fsp3) is 0.857. The Labute approximate surface area is 212 Å². The minimum atomic E-state index is -4.92. The van der Waals surface area contributed by atoms with Gasteiger partial charge in [0.2, 0.25) is 20.8 Å². The van der Waals surface area contributed by atoms with Crippen molar-refractivity contribution in [2.75, 3.05) is 0 Å². The molecule has 0 aliphatic rings. The van der Waals surface area contributed by atoms with Crippen molar-refractivity contribution >= 4 is 32.9 Å². The van der Waals surface area contributed by atoms with Crippen molar-refractivity contribution in [1.29, 1.82) is 0 Å². The van der Waals surface area contributed by atoms with Gasteiger partial charge in [-0.2, -0.15) is 0 Å². The summed E-state index contributed by atoms with van der Waals surface area (Å²) in [5.74, 6) is 0.0953. The molecule has 0 aliphatic heterocycles.